The molecule has 1 atom stereocenters. The molecule has 8 heteroatoms. The minimum atomic E-state index is -3.06. The molecular formula is C16H25N3O3S2. The Morgan fingerprint density at radius 1 is 1.29 bits per heavy atom. The van der Waals surface area contributed by atoms with Crippen molar-refractivity contribution in [2.45, 2.75) is 44.2 Å². The van der Waals surface area contributed by atoms with Crippen LogP contribution in [-0.4, -0.2) is 66.3 Å². The number of hydrogen-bond acceptors (Lipinski definition) is 6. The lowest BCUT2D eigenvalue weighted by Gasteiger charge is -2.38. The van der Waals surface area contributed by atoms with Crippen LogP contribution in [0.5, 0.6) is 0 Å². The van der Waals surface area contributed by atoms with Crippen molar-refractivity contribution in [3.05, 3.63) is 16.6 Å². The van der Waals surface area contributed by atoms with Crippen LogP contribution in [-0.2, 0) is 21.2 Å². The summed E-state index contributed by atoms with van der Waals surface area (Å²) >= 11 is 1.67. The molecule has 6 nitrogen and oxygen atoms in total. The molecule has 0 bridgehead atoms. The molecule has 0 saturated carbocycles. The van der Waals surface area contributed by atoms with Crippen LogP contribution in [0.2, 0.25) is 0 Å². The first-order chi connectivity index (χ1) is 11.4. The highest BCUT2D eigenvalue weighted by molar-refractivity contribution is 7.90. The number of amides is 1. The third-order valence-electron chi connectivity index (χ3n) is 5.22. The summed E-state index contributed by atoms with van der Waals surface area (Å²) in [4.78, 5) is 21.0. The van der Waals surface area contributed by atoms with E-state index in [0.29, 0.717) is 13.0 Å². The molecule has 0 unspecified atom stereocenters. The number of thiazole rings is 1. The zero-order valence-electron chi connectivity index (χ0n) is 14.1. The molecule has 1 spiro atoms. The zero-order chi connectivity index (χ0) is 17.2. The van der Waals surface area contributed by atoms with Crippen LogP contribution in [0.4, 0.5) is 0 Å². The highest BCUT2D eigenvalue weighted by Crippen LogP contribution is 2.39. The first-order valence-electron chi connectivity index (χ1n) is 8.47. The fourth-order valence-electron chi connectivity index (χ4n) is 3.93. The van der Waals surface area contributed by atoms with Crippen LogP contribution in [0.3, 0.4) is 0 Å². The lowest BCUT2D eigenvalue weighted by Crippen LogP contribution is -2.48. The van der Waals surface area contributed by atoms with Crippen molar-refractivity contribution < 1.29 is 13.2 Å². The number of sulfone groups is 1. The van der Waals surface area contributed by atoms with Crippen molar-refractivity contribution in [1.29, 1.82) is 0 Å². The maximum Gasteiger partial charge on any atom is 0.223 e. The summed E-state index contributed by atoms with van der Waals surface area (Å²) in [5.74, 6) is 0.176. The van der Waals surface area contributed by atoms with Gasteiger partial charge in [0.2, 0.25) is 5.91 Å². The molecule has 2 saturated heterocycles. The fraction of sp³-hybridized carbons (Fsp3) is 0.750. The quantitative estimate of drug-likeness (QED) is 0.785. The van der Waals surface area contributed by atoms with Gasteiger partial charge < -0.3 is 4.90 Å². The van der Waals surface area contributed by atoms with Gasteiger partial charge in [0.15, 0.2) is 0 Å². The van der Waals surface area contributed by atoms with Crippen LogP contribution in [0.1, 0.15) is 37.1 Å². The molecule has 2 aliphatic rings. The van der Waals surface area contributed by atoms with Crippen molar-refractivity contribution >= 4 is 27.1 Å². The molecule has 134 valence electrons. The molecular weight excluding hydrogens is 346 g/mol. The molecule has 0 radical (unpaired) electrons. The largest absolute Gasteiger partial charge is 0.336 e. The summed E-state index contributed by atoms with van der Waals surface area (Å²) in [6.45, 7) is 3.15. The Morgan fingerprint density at radius 2 is 2.12 bits per heavy atom. The molecule has 0 aliphatic carbocycles. The fourth-order valence-corrected chi connectivity index (χ4v) is 5.10. The Morgan fingerprint density at radius 3 is 2.83 bits per heavy atom. The monoisotopic (exact) mass is 371 g/mol. The van der Waals surface area contributed by atoms with Gasteiger partial charge in [-0.3, -0.25) is 9.69 Å². The second kappa shape index (κ2) is 7.09. The number of aromatic nitrogens is 1. The van der Waals surface area contributed by atoms with Gasteiger partial charge >= 0.3 is 0 Å². The van der Waals surface area contributed by atoms with Gasteiger partial charge in [0.25, 0.3) is 0 Å². The Balaban J connectivity index is 1.66. The van der Waals surface area contributed by atoms with E-state index in [9.17, 15) is 13.2 Å². The lowest BCUT2D eigenvalue weighted by molar-refractivity contribution is -0.131. The smallest absolute Gasteiger partial charge is 0.223 e. The molecule has 1 aromatic rings. The summed E-state index contributed by atoms with van der Waals surface area (Å²) < 4.78 is 23.0. The average molecular weight is 372 g/mol. The van der Waals surface area contributed by atoms with Crippen LogP contribution < -0.4 is 0 Å². The van der Waals surface area contributed by atoms with Crippen molar-refractivity contribution in [3.8, 4) is 0 Å². The van der Waals surface area contributed by atoms with E-state index < -0.39 is 9.84 Å². The zero-order valence-corrected chi connectivity index (χ0v) is 15.7. The Kier molecular flexibility index (Phi) is 5.27. The summed E-state index contributed by atoms with van der Waals surface area (Å²) in [5.41, 5.74) is -0.139. The van der Waals surface area contributed by atoms with Gasteiger partial charge in [0.05, 0.1) is 12.3 Å². The standard InChI is InChI=1S/C16H25N3O3S2/c1-24(21,22)12-10-19-15(20)3-5-16(19)4-2-8-18(9-6-16)13-14-17-7-11-23-14/h7,11H,2-6,8-10,12-13H2,1H3/t16-/m1/s1. The Labute approximate surface area is 147 Å². The summed E-state index contributed by atoms with van der Waals surface area (Å²) in [7, 11) is -3.06. The minimum absolute atomic E-state index is 0.0588. The van der Waals surface area contributed by atoms with Gasteiger partial charge in [-0.1, -0.05) is 0 Å². The van der Waals surface area contributed by atoms with E-state index in [1.54, 1.807) is 11.3 Å². The molecule has 1 amide bonds. The van der Waals surface area contributed by atoms with Crippen molar-refractivity contribution in [2.75, 3.05) is 31.6 Å². The highest BCUT2D eigenvalue weighted by Gasteiger charge is 2.45. The predicted molar refractivity (Wildman–Crippen MR) is 94.6 cm³/mol. The summed E-state index contributed by atoms with van der Waals surface area (Å²) in [6, 6.07) is 0. The summed E-state index contributed by atoms with van der Waals surface area (Å²) in [6.07, 6.45) is 7.42. The van der Waals surface area contributed by atoms with Crippen LogP contribution in [0, 0.1) is 0 Å². The van der Waals surface area contributed by atoms with E-state index in [0.717, 1.165) is 50.3 Å². The maximum absolute atomic E-state index is 12.3. The number of carbonyl (C=O) groups is 1. The van der Waals surface area contributed by atoms with Crippen molar-refractivity contribution in [1.82, 2.24) is 14.8 Å². The van der Waals surface area contributed by atoms with Crippen LogP contribution in [0.15, 0.2) is 11.6 Å². The molecule has 1 aromatic heterocycles. The number of nitrogens with zero attached hydrogens (tertiary/aromatic N) is 3. The van der Waals surface area contributed by atoms with Crippen LogP contribution in [0.25, 0.3) is 0 Å². The first-order valence-corrected chi connectivity index (χ1v) is 11.4. The van der Waals surface area contributed by atoms with E-state index in [2.05, 4.69) is 9.88 Å². The minimum Gasteiger partial charge on any atom is -0.336 e. The molecule has 3 heterocycles. The normalized spacial score (nSPS) is 26.2. The van der Waals surface area contributed by atoms with Gasteiger partial charge in [-0.25, -0.2) is 13.4 Å². The molecule has 0 aromatic carbocycles. The lowest BCUT2D eigenvalue weighted by atomic mass is 9.88. The number of rotatable bonds is 5. The maximum atomic E-state index is 12.3. The van der Waals surface area contributed by atoms with E-state index in [4.69, 9.17) is 0 Å². The molecule has 3 rings (SSSR count). The van der Waals surface area contributed by atoms with Gasteiger partial charge in [-0.2, -0.15) is 0 Å². The second-order valence-electron chi connectivity index (χ2n) is 6.96. The van der Waals surface area contributed by atoms with E-state index in [1.165, 1.54) is 6.26 Å². The number of carbonyl (C=O) groups excluding carboxylic acids is 1. The molecule has 2 fully saturated rings. The number of likely N-dealkylation sites (tertiary alicyclic amines) is 2. The summed E-state index contributed by atoms with van der Waals surface area (Å²) in [5, 5.41) is 3.12. The van der Waals surface area contributed by atoms with Crippen molar-refractivity contribution in [2.24, 2.45) is 0 Å². The van der Waals surface area contributed by atoms with Crippen molar-refractivity contribution in [3.63, 3.8) is 0 Å². The highest BCUT2D eigenvalue weighted by atomic mass is 32.2. The third-order valence-corrected chi connectivity index (χ3v) is 6.90. The first kappa shape index (κ1) is 17.8. The Bertz CT molecular complexity index is 675. The van der Waals surface area contributed by atoms with Crippen LogP contribution >= 0.6 is 11.3 Å². The Hall–Kier alpha value is -0.990. The number of hydrogen-bond donors (Lipinski definition) is 0. The SMILES string of the molecule is CS(=O)(=O)CCN1C(=O)CC[C@@]12CCCN(Cc1nccs1)CC2. The van der Waals surface area contributed by atoms with E-state index in [-0.39, 0.29) is 17.2 Å². The second-order valence-corrected chi connectivity index (χ2v) is 10.2. The average Bonchev–Trinajstić information content (AvgIpc) is 3.05. The molecule has 24 heavy (non-hydrogen) atoms. The van der Waals surface area contributed by atoms with E-state index >= 15 is 0 Å². The van der Waals surface area contributed by atoms with Gasteiger partial charge in [-0.15, -0.1) is 11.3 Å². The van der Waals surface area contributed by atoms with Gasteiger partial charge in [-0.05, 0) is 32.2 Å². The molecule has 0 N–H and O–H groups in total. The predicted octanol–water partition coefficient (Wildman–Crippen LogP) is 1.53. The van der Waals surface area contributed by atoms with Gasteiger partial charge in [0.1, 0.15) is 14.8 Å². The molecule has 2 aliphatic heterocycles. The van der Waals surface area contributed by atoms with E-state index in [1.807, 2.05) is 16.5 Å². The third kappa shape index (κ3) is 4.15. The van der Waals surface area contributed by atoms with Gasteiger partial charge in [0, 0.05) is 42.9 Å². The topological polar surface area (TPSA) is 70.6 Å².